The normalized spacial score (nSPS) is 19.1. The summed E-state index contributed by atoms with van der Waals surface area (Å²) in [6.45, 7) is 4.98. The maximum absolute atomic E-state index is 14.0. The van der Waals surface area contributed by atoms with Crippen LogP contribution >= 0.6 is 0 Å². The van der Waals surface area contributed by atoms with Gasteiger partial charge in [0, 0.05) is 36.0 Å². The number of imidazole rings is 2. The van der Waals surface area contributed by atoms with Crippen LogP contribution in [0, 0.1) is 11.8 Å². The highest BCUT2D eigenvalue weighted by molar-refractivity contribution is 5.87. The van der Waals surface area contributed by atoms with Gasteiger partial charge in [-0.3, -0.25) is 14.6 Å². The number of carbonyl (C=O) groups excluding carboxylic acids is 4. The highest BCUT2D eigenvalue weighted by Crippen LogP contribution is 2.36. The maximum Gasteiger partial charge on any atom is 0.407 e. The molecule has 16 heteroatoms. The number of hydrogen-bond donors (Lipinski definition) is 4. The predicted octanol–water partition coefficient (Wildman–Crippen LogP) is 7.48. The van der Waals surface area contributed by atoms with E-state index < -0.39 is 24.3 Å². The fourth-order valence-electron chi connectivity index (χ4n) is 9.32. The molecular formula is C46H56N10O6. The fraction of sp³-hybridized carbons (Fsp3) is 0.478. The molecule has 8 rings (SSSR count). The molecular weight excluding hydrogens is 789 g/mol. The third-order valence-corrected chi connectivity index (χ3v) is 12.7. The second kappa shape index (κ2) is 18.7. The number of nitrogens with one attached hydrogen (secondary N) is 4. The molecule has 0 bridgehead atoms. The van der Waals surface area contributed by atoms with Crippen molar-refractivity contribution in [2.75, 3.05) is 27.3 Å². The number of alkyl carbamates (subject to hydrolysis) is 2. The lowest BCUT2D eigenvalue weighted by atomic mass is 9.84. The zero-order valence-electron chi connectivity index (χ0n) is 35.9. The molecule has 4 amide bonds. The quantitative estimate of drug-likeness (QED) is 0.0976. The second-order valence-electron chi connectivity index (χ2n) is 17.1. The Labute approximate surface area is 361 Å². The zero-order chi connectivity index (χ0) is 43.3. The van der Waals surface area contributed by atoms with E-state index in [1.807, 2.05) is 67.4 Å². The molecule has 1 unspecified atom stereocenters. The summed E-state index contributed by atoms with van der Waals surface area (Å²) in [4.78, 5) is 81.6. The molecule has 5 aromatic rings. The van der Waals surface area contributed by atoms with Crippen LogP contribution in [0.15, 0.2) is 61.1 Å². The molecule has 3 fully saturated rings. The number of likely N-dealkylation sites (tertiary alicyclic amines) is 2. The molecule has 16 nitrogen and oxygen atoms in total. The highest BCUT2D eigenvalue weighted by Gasteiger charge is 2.39. The van der Waals surface area contributed by atoms with E-state index in [4.69, 9.17) is 29.4 Å². The summed E-state index contributed by atoms with van der Waals surface area (Å²) >= 11 is 0. The van der Waals surface area contributed by atoms with Crippen molar-refractivity contribution in [3.8, 4) is 33.8 Å². The summed E-state index contributed by atoms with van der Waals surface area (Å²) < 4.78 is 9.66. The number of amides is 4. The van der Waals surface area contributed by atoms with Gasteiger partial charge in [0.1, 0.15) is 23.7 Å². The first-order valence-corrected chi connectivity index (χ1v) is 21.9. The summed E-state index contributed by atoms with van der Waals surface area (Å²) in [5.41, 5.74) is 6.53. The van der Waals surface area contributed by atoms with Gasteiger partial charge in [0.25, 0.3) is 0 Å². The van der Waals surface area contributed by atoms with Crippen LogP contribution in [-0.4, -0.2) is 103 Å². The number of fused-ring (bicyclic) bond motifs is 1. The summed E-state index contributed by atoms with van der Waals surface area (Å²) in [6, 6.07) is 12.1. The molecule has 2 saturated heterocycles. The Balaban J connectivity index is 0.929. The van der Waals surface area contributed by atoms with Gasteiger partial charge in [0.15, 0.2) is 0 Å². The van der Waals surface area contributed by atoms with Gasteiger partial charge in [-0.1, -0.05) is 76.3 Å². The number of H-pyrrole nitrogens is 2. The standard InChI is InChI=1S/C46H56N10O6/c1-27(2)40(54-46(60)62-4)44(58)56-21-9-13-39(56)42-48-25-36(51-42)30-16-14-29(15-17-30)35-24-47-33-23-31(18-19-32(33)50-35)37-26-49-41(52-37)38-12-8-20-55(38)43(57)34(53-45(59)61-3)22-28-10-6-5-7-11-28/h14-19,23-28,34,38-40H,5-13,20-22H2,1-4H3,(H,48,51)(H,49,52)(H,53,59)(H,54,60)/t34?,38-,39-,40-/m0/s1. The minimum absolute atomic E-state index is 0.0861. The van der Waals surface area contributed by atoms with E-state index in [9.17, 15) is 19.2 Å². The van der Waals surface area contributed by atoms with E-state index >= 15 is 0 Å². The summed E-state index contributed by atoms with van der Waals surface area (Å²) in [5, 5.41) is 5.53. The monoisotopic (exact) mass is 844 g/mol. The van der Waals surface area contributed by atoms with Gasteiger partial charge in [0.05, 0.1) is 66.8 Å². The lowest BCUT2D eigenvalue weighted by Crippen LogP contribution is -2.51. The Hall–Kier alpha value is -6.32. The van der Waals surface area contributed by atoms with Crippen LogP contribution in [0.2, 0.25) is 0 Å². The molecule has 1 saturated carbocycles. The molecule has 4 N–H and O–H groups in total. The van der Waals surface area contributed by atoms with Gasteiger partial charge >= 0.3 is 12.2 Å². The van der Waals surface area contributed by atoms with Crippen LogP contribution in [-0.2, 0) is 19.1 Å². The van der Waals surface area contributed by atoms with Crippen LogP contribution in [0.25, 0.3) is 44.8 Å². The van der Waals surface area contributed by atoms with Crippen molar-refractivity contribution < 1.29 is 28.7 Å². The SMILES string of the molecule is COC(=O)NC(CC1CCCCC1)C(=O)N1CCC[C@H]1c1ncc(-c2ccc3nc(-c4ccc(-c5c[nH]c([C@@H]6CCCN6C(=O)[C@@H](NC(=O)OC)C(C)C)n5)cc4)cnc3c2)[nH]1. The van der Waals surface area contributed by atoms with Gasteiger partial charge in [-0.2, -0.15) is 0 Å². The van der Waals surface area contributed by atoms with E-state index in [2.05, 4.69) is 20.6 Å². The van der Waals surface area contributed by atoms with Crippen LogP contribution < -0.4 is 10.6 Å². The first kappa shape index (κ1) is 42.4. The predicted molar refractivity (Wildman–Crippen MR) is 232 cm³/mol. The molecule has 1 aliphatic carbocycles. The number of methoxy groups -OCH3 is 2. The van der Waals surface area contributed by atoms with E-state index in [0.717, 1.165) is 102 Å². The zero-order valence-corrected chi connectivity index (χ0v) is 35.9. The second-order valence-corrected chi connectivity index (χ2v) is 17.1. The summed E-state index contributed by atoms with van der Waals surface area (Å²) in [7, 11) is 2.61. The Morgan fingerprint density at radius 2 is 1.35 bits per heavy atom. The van der Waals surface area contributed by atoms with Gasteiger partial charge in [-0.05, 0) is 56.1 Å². The van der Waals surface area contributed by atoms with E-state index in [1.165, 1.54) is 20.6 Å². The Kier molecular flexibility index (Phi) is 12.8. The van der Waals surface area contributed by atoms with Crippen molar-refractivity contribution in [3.05, 3.63) is 72.7 Å². The van der Waals surface area contributed by atoms with Crippen molar-refractivity contribution in [2.24, 2.45) is 11.8 Å². The van der Waals surface area contributed by atoms with Crippen molar-refractivity contribution >= 4 is 35.0 Å². The first-order chi connectivity index (χ1) is 30.1. The average molecular weight is 845 g/mol. The molecule has 0 radical (unpaired) electrons. The van der Waals surface area contributed by atoms with Crippen LogP contribution in [0.3, 0.4) is 0 Å². The lowest BCUT2D eigenvalue weighted by molar-refractivity contribution is -0.136. The van der Waals surface area contributed by atoms with Gasteiger partial charge < -0.3 is 39.9 Å². The van der Waals surface area contributed by atoms with Gasteiger partial charge in [-0.15, -0.1) is 0 Å². The Bertz CT molecular complexity index is 2390. The maximum atomic E-state index is 14.0. The highest BCUT2D eigenvalue weighted by atomic mass is 16.5. The number of aromatic amines is 2. The van der Waals surface area contributed by atoms with Crippen LogP contribution in [0.4, 0.5) is 9.59 Å². The number of nitrogens with zero attached hydrogens (tertiary/aromatic N) is 6. The molecule has 2 aromatic carbocycles. The van der Waals surface area contributed by atoms with Crippen LogP contribution in [0.5, 0.6) is 0 Å². The van der Waals surface area contributed by atoms with Crippen molar-refractivity contribution in [1.29, 1.82) is 0 Å². The number of hydrogen-bond acceptors (Lipinski definition) is 10. The summed E-state index contributed by atoms with van der Waals surface area (Å²) in [6.07, 6.45) is 13.7. The number of carbonyl (C=O) groups is 4. The average Bonchev–Trinajstić information content (AvgIpc) is 4.15. The summed E-state index contributed by atoms with van der Waals surface area (Å²) in [5.74, 6) is 1.48. The lowest BCUT2D eigenvalue weighted by Gasteiger charge is -2.31. The minimum Gasteiger partial charge on any atom is -0.453 e. The van der Waals surface area contributed by atoms with Crippen LogP contribution in [0.1, 0.15) is 102 Å². The number of benzene rings is 2. The molecule has 3 aliphatic rings. The Morgan fingerprint density at radius 1 is 0.710 bits per heavy atom. The van der Waals surface area contributed by atoms with Gasteiger partial charge in [-0.25, -0.2) is 24.5 Å². The number of rotatable bonds is 12. The van der Waals surface area contributed by atoms with Gasteiger partial charge in [0.2, 0.25) is 11.8 Å². The molecule has 4 atom stereocenters. The molecule has 62 heavy (non-hydrogen) atoms. The van der Waals surface area contributed by atoms with E-state index in [-0.39, 0.29) is 29.8 Å². The largest absolute Gasteiger partial charge is 0.453 e. The number of aromatic nitrogens is 6. The molecule has 326 valence electrons. The third kappa shape index (κ3) is 9.14. The molecule has 0 spiro atoms. The minimum atomic E-state index is -0.697. The molecule has 2 aliphatic heterocycles. The molecule has 3 aromatic heterocycles. The smallest absolute Gasteiger partial charge is 0.407 e. The van der Waals surface area contributed by atoms with Crippen molar-refractivity contribution in [2.45, 2.75) is 102 Å². The first-order valence-electron chi connectivity index (χ1n) is 21.9. The van der Waals surface area contributed by atoms with Crippen molar-refractivity contribution in [1.82, 2.24) is 50.3 Å². The van der Waals surface area contributed by atoms with Crippen molar-refractivity contribution in [3.63, 3.8) is 0 Å². The van der Waals surface area contributed by atoms with E-state index in [0.29, 0.717) is 31.3 Å². The third-order valence-electron chi connectivity index (χ3n) is 12.7. The Morgan fingerprint density at radius 3 is 2.05 bits per heavy atom. The number of ether oxygens (including phenoxy) is 2. The molecule has 5 heterocycles. The fourth-order valence-corrected chi connectivity index (χ4v) is 9.32. The topological polar surface area (TPSA) is 200 Å². The van der Waals surface area contributed by atoms with E-state index in [1.54, 1.807) is 17.3 Å².